The number of allylic oxidation sites excluding steroid dienone is 3. The summed E-state index contributed by atoms with van der Waals surface area (Å²) in [5.74, 6) is 1.52. The summed E-state index contributed by atoms with van der Waals surface area (Å²) in [4.78, 5) is 0. The fraction of sp³-hybridized carbons (Fsp3) is 0.429. The van der Waals surface area contributed by atoms with Crippen LogP contribution in [0.2, 0.25) is 0 Å². The summed E-state index contributed by atoms with van der Waals surface area (Å²) in [6.45, 7) is 20.5. The van der Waals surface area contributed by atoms with E-state index in [4.69, 9.17) is 4.74 Å². The van der Waals surface area contributed by atoms with Gasteiger partial charge in [0.25, 0.3) is 0 Å². The first-order valence-electron chi connectivity index (χ1n) is 5.20. The molecule has 0 saturated heterocycles. The van der Waals surface area contributed by atoms with Gasteiger partial charge in [0.1, 0.15) is 5.76 Å². The fourth-order valence-corrected chi connectivity index (χ4v) is 0.839. The van der Waals surface area contributed by atoms with Gasteiger partial charge in [0.05, 0.1) is 6.61 Å². The van der Waals surface area contributed by atoms with Crippen molar-refractivity contribution in [2.45, 2.75) is 27.2 Å². The third-order valence-corrected chi connectivity index (χ3v) is 1.83. The molecule has 0 amide bonds. The Kier molecular flexibility index (Phi) is 11.7. The van der Waals surface area contributed by atoms with Crippen LogP contribution in [-0.4, -0.2) is 6.61 Å². The van der Waals surface area contributed by atoms with Gasteiger partial charge in [0.15, 0.2) is 0 Å². The lowest BCUT2D eigenvalue weighted by atomic mass is 10.1. The molecule has 0 radical (unpaired) electrons. The first kappa shape index (κ1) is 16.2. The number of ether oxygens (including phenoxy) is 1. The average Bonchev–Trinajstić information content (AvgIpc) is 2.26. The highest BCUT2D eigenvalue weighted by Gasteiger charge is 1.98. The molecule has 0 fully saturated rings. The van der Waals surface area contributed by atoms with Gasteiger partial charge >= 0.3 is 0 Å². The number of hydrogen-bond donors (Lipinski definition) is 0. The van der Waals surface area contributed by atoms with E-state index in [2.05, 4.69) is 40.2 Å². The average molecular weight is 208 g/mol. The molecule has 1 heteroatoms. The van der Waals surface area contributed by atoms with Gasteiger partial charge in [-0.2, -0.15) is 0 Å². The van der Waals surface area contributed by atoms with E-state index < -0.39 is 0 Å². The highest BCUT2D eigenvalue weighted by molar-refractivity contribution is 5.24. The van der Waals surface area contributed by atoms with Crippen molar-refractivity contribution in [2.75, 3.05) is 6.61 Å². The maximum Gasteiger partial charge on any atom is 0.121 e. The molecule has 0 aromatic heterocycles. The summed E-state index contributed by atoms with van der Waals surface area (Å²) in [5.41, 5.74) is 1.04. The molecule has 0 spiro atoms. The Morgan fingerprint density at radius 1 is 1.20 bits per heavy atom. The Bertz CT molecular complexity index is 211. The van der Waals surface area contributed by atoms with E-state index in [-0.39, 0.29) is 0 Å². The zero-order valence-electron chi connectivity index (χ0n) is 10.4. The van der Waals surface area contributed by atoms with Gasteiger partial charge in [-0.25, -0.2) is 0 Å². The van der Waals surface area contributed by atoms with Crippen molar-refractivity contribution in [3.63, 3.8) is 0 Å². The van der Waals surface area contributed by atoms with Gasteiger partial charge in [-0.15, -0.1) is 13.2 Å². The summed E-state index contributed by atoms with van der Waals surface area (Å²) >= 11 is 0. The second kappa shape index (κ2) is 10.8. The summed E-state index contributed by atoms with van der Waals surface area (Å²) in [5, 5.41) is 0. The van der Waals surface area contributed by atoms with Crippen LogP contribution in [0.4, 0.5) is 0 Å². The van der Waals surface area contributed by atoms with Crippen LogP contribution in [0, 0.1) is 5.92 Å². The van der Waals surface area contributed by atoms with Gasteiger partial charge in [0.2, 0.25) is 0 Å². The third-order valence-electron chi connectivity index (χ3n) is 1.83. The lowest BCUT2D eigenvalue weighted by molar-refractivity contribution is 0.205. The molecule has 0 N–H and O–H groups in total. The highest BCUT2D eigenvalue weighted by atomic mass is 16.5. The van der Waals surface area contributed by atoms with E-state index >= 15 is 0 Å². The van der Waals surface area contributed by atoms with Crippen LogP contribution in [0.1, 0.15) is 27.2 Å². The quantitative estimate of drug-likeness (QED) is 0.355. The summed E-state index contributed by atoms with van der Waals surface area (Å²) < 4.78 is 5.55. The van der Waals surface area contributed by atoms with Gasteiger partial charge in [-0.3, -0.25) is 0 Å². The molecule has 0 atom stereocenters. The molecule has 0 bridgehead atoms. The zero-order chi connectivity index (χ0) is 12.3. The van der Waals surface area contributed by atoms with E-state index in [9.17, 15) is 0 Å². The molecular weight excluding hydrogens is 184 g/mol. The summed E-state index contributed by atoms with van der Waals surface area (Å²) in [6.07, 6.45) is 4.59. The van der Waals surface area contributed by atoms with E-state index in [1.807, 2.05) is 6.92 Å². The first-order valence-corrected chi connectivity index (χ1v) is 5.20. The Labute approximate surface area is 94.8 Å². The highest BCUT2D eigenvalue weighted by Crippen LogP contribution is 2.09. The second-order valence-electron chi connectivity index (χ2n) is 3.49. The molecule has 86 valence electrons. The van der Waals surface area contributed by atoms with Gasteiger partial charge in [0, 0.05) is 0 Å². The monoisotopic (exact) mass is 208 g/mol. The molecule has 0 saturated carbocycles. The van der Waals surface area contributed by atoms with E-state index in [0.29, 0.717) is 5.92 Å². The van der Waals surface area contributed by atoms with Gasteiger partial charge in [-0.1, -0.05) is 33.1 Å². The van der Waals surface area contributed by atoms with Crippen LogP contribution in [0.3, 0.4) is 0 Å². The van der Waals surface area contributed by atoms with Crippen molar-refractivity contribution < 1.29 is 4.74 Å². The molecule has 0 aromatic carbocycles. The predicted molar refractivity (Wildman–Crippen MR) is 69.8 cm³/mol. The molecule has 0 aliphatic rings. The summed E-state index contributed by atoms with van der Waals surface area (Å²) in [6, 6.07) is 0. The van der Waals surface area contributed by atoms with Gasteiger partial charge < -0.3 is 4.74 Å². The molecule has 0 unspecified atom stereocenters. The van der Waals surface area contributed by atoms with E-state index in [1.54, 1.807) is 12.2 Å². The topological polar surface area (TPSA) is 9.23 Å². The van der Waals surface area contributed by atoms with Crippen LogP contribution < -0.4 is 0 Å². The van der Waals surface area contributed by atoms with Crippen molar-refractivity contribution in [1.82, 2.24) is 0 Å². The third kappa shape index (κ3) is 9.07. The van der Waals surface area contributed by atoms with Crippen LogP contribution in [-0.2, 0) is 4.74 Å². The van der Waals surface area contributed by atoms with Crippen LogP contribution in [0.5, 0.6) is 0 Å². The molecular formula is C14H24O. The summed E-state index contributed by atoms with van der Waals surface area (Å²) in [7, 11) is 0. The van der Waals surface area contributed by atoms with Crippen molar-refractivity contribution in [3.05, 3.63) is 49.8 Å². The minimum Gasteiger partial charge on any atom is -0.493 e. The second-order valence-corrected chi connectivity index (χ2v) is 3.49. The lowest BCUT2D eigenvalue weighted by Crippen LogP contribution is -1.99. The SMILES string of the molecule is C=C.C=C/C(C)=C(\C=C)OCCC(C)C. The Balaban J connectivity index is 0. The maximum absolute atomic E-state index is 5.55. The molecule has 0 rings (SSSR count). The minimum atomic E-state index is 0.676. The fourth-order valence-electron chi connectivity index (χ4n) is 0.839. The van der Waals surface area contributed by atoms with Crippen molar-refractivity contribution in [3.8, 4) is 0 Å². The molecule has 0 heterocycles. The maximum atomic E-state index is 5.55. The van der Waals surface area contributed by atoms with Crippen molar-refractivity contribution in [2.24, 2.45) is 5.92 Å². The van der Waals surface area contributed by atoms with Crippen LogP contribution >= 0.6 is 0 Å². The Morgan fingerprint density at radius 3 is 2.07 bits per heavy atom. The predicted octanol–water partition coefficient (Wildman–Crippen LogP) is 4.50. The minimum absolute atomic E-state index is 0.676. The largest absolute Gasteiger partial charge is 0.493 e. The smallest absolute Gasteiger partial charge is 0.121 e. The molecule has 1 nitrogen and oxygen atoms in total. The Hall–Kier alpha value is -1.24. The van der Waals surface area contributed by atoms with Crippen molar-refractivity contribution >= 4 is 0 Å². The van der Waals surface area contributed by atoms with Gasteiger partial charge in [-0.05, 0) is 30.9 Å². The van der Waals surface area contributed by atoms with Crippen molar-refractivity contribution in [1.29, 1.82) is 0 Å². The van der Waals surface area contributed by atoms with E-state index in [0.717, 1.165) is 24.4 Å². The first-order chi connectivity index (χ1) is 7.11. The molecule has 0 aliphatic heterocycles. The molecule has 0 aliphatic carbocycles. The normalized spacial score (nSPS) is 10.9. The number of rotatable bonds is 6. The Morgan fingerprint density at radius 2 is 1.73 bits per heavy atom. The number of hydrogen-bond acceptors (Lipinski definition) is 1. The molecule has 15 heavy (non-hydrogen) atoms. The molecule has 0 aromatic rings. The zero-order valence-corrected chi connectivity index (χ0v) is 10.4. The van der Waals surface area contributed by atoms with Crippen LogP contribution in [0.15, 0.2) is 49.8 Å². The lowest BCUT2D eigenvalue weighted by Gasteiger charge is -2.10. The van der Waals surface area contributed by atoms with Crippen LogP contribution in [0.25, 0.3) is 0 Å². The standard InChI is InChI=1S/C12H20O.C2H4/c1-6-11(5)12(7-2)13-9-8-10(3)4;1-2/h6-7,10H,1-2,8-9H2,3-5H3;1-2H2/b12-11+;. The van der Waals surface area contributed by atoms with E-state index in [1.165, 1.54) is 0 Å².